The lowest BCUT2D eigenvalue weighted by Crippen LogP contribution is -2.19. The molecule has 0 aliphatic carbocycles. The maximum absolute atomic E-state index is 14.9. The maximum atomic E-state index is 14.9. The number of thioether (sulfide) groups is 1. The van der Waals surface area contributed by atoms with E-state index in [2.05, 4.69) is 10.6 Å². The molecule has 0 saturated carbocycles. The van der Waals surface area contributed by atoms with Crippen LogP contribution >= 0.6 is 11.8 Å². The zero-order valence-electron chi connectivity index (χ0n) is 21.1. The molecule has 0 fully saturated rings. The first-order chi connectivity index (χ1) is 19.4. The number of anilines is 2. The number of amides is 2. The Morgan fingerprint density at radius 2 is 1.51 bits per heavy atom. The van der Waals surface area contributed by atoms with Gasteiger partial charge in [0.1, 0.15) is 11.6 Å². The molecule has 4 aromatic carbocycles. The summed E-state index contributed by atoms with van der Waals surface area (Å²) in [6, 6.07) is 18.8. The van der Waals surface area contributed by atoms with Crippen LogP contribution < -0.4 is 15.4 Å². The number of aromatic carboxylic acids is 1. The van der Waals surface area contributed by atoms with Crippen LogP contribution in [-0.2, 0) is 0 Å². The highest BCUT2D eigenvalue weighted by Crippen LogP contribution is 2.37. The molecule has 12 heteroatoms. The molecule has 2 amide bonds. The number of carboxylic acids is 1. The van der Waals surface area contributed by atoms with Gasteiger partial charge in [-0.15, -0.1) is 0 Å². The zero-order valence-corrected chi connectivity index (χ0v) is 21.9. The number of hydrogen-bond donors (Lipinski definition) is 3. The van der Waals surface area contributed by atoms with Crippen molar-refractivity contribution in [3.63, 3.8) is 0 Å². The number of benzene rings is 4. The molecule has 7 nitrogen and oxygen atoms in total. The summed E-state index contributed by atoms with van der Waals surface area (Å²) in [4.78, 5) is 37.4. The van der Waals surface area contributed by atoms with Gasteiger partial charge in [0.25, 0.3) is 11.8 Å². The van der Waals surface area contributed by atoms with Gasteiger partial charge in [-0.05, 0) is 65.9 Å². The highest BCUT2D eigenvalue weighted by Gasteiger charge is 2.29. The van der Waals surface area contributed by atoms with Gasteiger partial charge in [0.05, 0.1) is 29.5 Å². The molecule has 0 radical (unpaired) electrons. The number of hydrogen-bond acceptors (Lipinski definition) is 5. The Hall–Kier alpha value is -4.84. The molecule has 0 atom stereocenters. The van der Waals surface area contributed by atoms with E-state index in [0.29, 0.717) is 5.56 Å². The van der Waals surface area contributed by atoms with Crippen molar-refractivity contribution in [2.24, 2.45) is 0 Å². The lowest BCUT2D eigenvalue weighted by Gasteiger charge is -2.15. The summed E-state index contributed by atoms with van der Waals surface area (Å²) in [5.74, 6) is -3.39. The van der Waals surface area contributed by atoms with Crippen LogP contribution in [-0.4, -0.2) is 35.5 Å². The molecule has 0 aliphatic heterocycles. The largest absolute Gasteiger partial charge is 0.496 e. The average Bonchev–Trinajstić information content (AvgIpc) is 2.92. The minimum absolute atomic E-state index is 0.00125. The molecule has 41 heavy (non-hydrogen) atoms. The Morgan fingerprint density at radius 1 is 0.829 bits per heavy atom. The van der Waals surface area contributed by atoms with Crippen molar-refractivity contribution >= 4 is 40.9 Å². The summed E-state index contributed by atoms with van der Waals surface area (Å²) in [6.45, 7) is 0. The van der Waals surface area contributed by atoms with Crippen LogP contribution in [0.4, 0.5) is 28.9 Å². The number of carbonyl (C=O) groups excluding carboxylic acids is 2. The normalized spacial score (nSPS) is 11.0. The number of rotatable bonds is 8. The van der Waals surface area contributed by atoms with Gasteiger partial charge in [0, 0.05) is 22.2 Å². The Kier molecular flexibility index (Phi) is 8.62. The molecule has 0 heterocycles. The number of para-hydroxylation sites is 1. The van der Waals surface area contributed by atoms with Gasteiger partial charge in [-0.2, -0.15) is 13.2 Å². The minimum Gasteiger partial charge on any atom is -0.496 e. The lowest BCUT2D eigenvalue weighted by molar-refractivity contribution is -0.0328. The topological polar surface area (TPSA) is 105 Å². The number of ether oxygens (including phenoxy) is 1. The Balaban J connectivity index is 1.60. The van der Waals surface area contributed by atoms with E-state index >= 15 is 0 Å². The van der Waals surface area contributed by atoms with E-state index in [-0.39, 0.29) is 56.0 Å². The standard InChI is InChI=1S/C29H20F4N2O5S/c1-40-25-15-23(30)21(16-9-11-17(12-10-16)28(38)39)14-22(25)27(37)35-24-8-3-2-7-20(24)26(36)34-18-5-4-6-19(13-18)41-29(31,32)33/h2-15H,1H3,(H,34,36)(H,35,37)(H,38,39). The van der Waals surface area contributed by atoms with Crippen molar-refractivity contribution in [3.05, 3.63) is 107 Å². The smallest absolute Gasteiger partial charge is 0.446 e. The van der Waals surface area contributed by atoms with Gasteiger partial charge in [-0.25, -0.2) is 9.18 Å². The molecule has 0 spiro atoms. The third-order valence-electron chi connectivity index (χ3n) is 5.72. The summed E-state index contributed by atoms with van der Waals surface area (Å²) < 4.78 is 58.3. The Labute approximate surface area is 235 Å². The maximum Gasteiger partial charge on any atom is 0.446 e. The van der Waals surface area contributed by atoms with Crippen LogP contribution in [0.2, 0.25) is 0 Å². The number of alkyl halides is 3. The predicted molar refractivity (Wildman–Crippen MR) is 146 cm³/mol. The van der Waals surface area contributed by atoms with E-state index < -0.39 is 29.1 Å². The van der Waals surface area contributed by atoms with Gasteiger partial charge < -0.3 is 20.5 Å². The van der Waals surface area contributed by atoms with E-state index in [4.69, 9.17) is 9.84 Å². The molecule has 0 saturated heterocycles. The fraction of sp³-hybridized carbons (Fsp3) is 0.0690. The monoisotopic (exact) mass is 584 g/mol. The van der Waals surface area contributed by atoms with Crippen molar-refractivity contribution in [2.75, 3.05) is 17.7 Å². The first-order valence-corrected chi connectivity index (χ1v) is 12.6. The fourth-order valence-corrected chi connectivity index (χ4v) is 4.46. The summed E-state index contributed by atoms with van der Waals surface area (Å²) in [5.41, 5.74) is -4.04. The van der Waals surface area contributed by atoms with E-state index in [9.17, 15) is 31.9 Å². The van der Waals surface area contributed by atoms with Crippen LogP contribution in [0.25, 0.3) is 11.1 Å². The molecule has 210 valence electrons. The minimum atomic E-state index is -4.50. The fourth-order valence-electron chi connectivity index (χ4n) is 3.86. The van der Waals surface area contributed by atoms with Crippen molar-refractivity contribution in [1.82, 2.24) is 0 Å². The highest BCUT2D eigenvalue weighted by atomic mass is 32.2. The first-order valence-electron chi connectivity index (χ1n) is 11.7. The number of carboxylic acid groups (broad SMARTS) is 1. The van der Waals surface area contributed by atoms with Gasteiger partial charge in [-0.3, -0.25) is 9.59 Å². The third-order valence-corrected chi connectivity index (χ3v) is 6.44. The summed E-state index contributed by atoms with van der Waals surface area (Å²) in [5, 5.41) is 14.2. The second-order valence-corrected chi connectivity index (χ2v) is 9.58. The number of halogens is 4. The SMILES string of the molecule is COc1cc(F)c(-c2ccc(C(=O)O)cc2)cc1C(=O)Nc1ccccc1C(=O)Nc1cccc(SC(F)(F)F)c1. The van der Waals surface area contributed by atoms with Crippen molar-refractivity contribution in [1.29, 1.82) is 0 Å². The third kappa shape index (κ3) is 7.22. The zero-order chi connectivity index (χ0) is 29.7. The molecular formula is C29H20F4N2O5S. The Morgan fingerprint density at radius 3 is 2.17 bits per heavy atom. The average molecular weight is 585 g/mol. The van der Waals surface area contributed by atoms with E-state index in [1.807, 2.05) is 0 Å². The molecule has 0 aromatic heterocycles. The molecule has 0 bridgehead atoms. The number of nitrogens with one attached hydrogen (secondary N) is 2. The van der Waals surface area contributed by atoms with Crippen LogP contribution in [0.5, 0.6) is 5.75 Å². The molecule has 3 N–H and O–H groups in total. The van der Waals surface area contributed by atoms with E-state index in [1.165, 1.54) is 79.9 Å². The molecule has 4 aromatic rings. The van der Waals surface area contributed by atoms with Crippen molar-refractivity contribution < 1.29 is 41.8 Å². The number of carbonyl (C=O) groups is 3. The molecule has 0 aliphatic rings. The van der Waals surface area contributed by atoms with Crippen LogP contribution in [0.3, 0.4) is 0 Å². The lowest BCUT2D eigenvalue weighted by atomic mass is 10.00. The van der Waals surface area contributed by atoms with Crippen molar-refractivity contribution in [2.45, 2.75) is 10.4 Å². The van der Waals surface area contributed by atoms with Crippen LogP contribution in [0.1, 0.15) is 31.1 Å². The molecule has 4 rings (SSSR count). The van der Waals surface area contributed by atoms with Crippen molar-refractivity contribution in [3.8, 4) is 16.9 Å². The van der Waals surface area contributed by atoms with Crippen LogP contribution in [0, 0.1) is 5.82 Å². The van der Waals surface area contributed by atoms with Crippen LogP contribution in [0.15, 0.2) is 89.8 Å². The van der Waals surface area contributed by atoms with E-state index in [1.54, 1.807) is 6.07 Å². The second-order valence-electron chi connectivity index (χ2n) is 8.44. The Bertz CT molecular complexity index is 1620. The van der Waals surface area contributed by atoms with Gasteiger partial charge in [0.2, 0.25) is 0 Å². The van der Waals surface area contributed by atoms with Gasteiger partial charge in [0.15, 0.2) is 0 Å². The molecule has 0 unspecified atom stereocenters. The first kappa shape index (κ1) is 29.2. The highest BCUT2D eigenvalue weighted by molar-refractivity contribution is 8.00. The quantitative estimate of drug-likeness (QED) is 0.148. The summed E-state index contributed by atoms with van der Waals surface area (Å²) in [7, 11) is 1.25. The predicted octanol–water partition coefficient (Wildman–Crippen LogP) is 7.32. The number of methoxy groups -OCH3 is 1. The molecular weight excluding hydrogens is 564 g/mol. The summed E-state index contributed by atoms with van der Waals surface area (Å²) in [6.07, 6.45) is 0. The summed E-state index contributed by atoms with van der Waals surface area (Å²) >= 11 is -0.320. The van der Waals surface area contributed by atoms with E-state index in [0.717, 1.165) is 6.07 Å². The second kappa shape index (κ2) is 12.1. The van der Waals surface area contributed by atoms with Gasteiger partial charge in [-0.1, -0.05) is 30.3 Å². The van der Waals surface area contributed by atoms with Gasteiger partial charge >= 0.3 is 11.5 Å².